The number of fused-ring (bicyclic) bond motifs is 1. The number of aromatic hydroxyl groups is 1. The van der Waals surface area contributed by atoms with Crippen LogP contribution in [0.3, 0.4) is 0 Å². The van der Waals surface area contributed by atoms with Crippen molar-refractivity contribution in [1.29, 1.82) is 0 Å². The van der Waals surface area contributed by atoms with Gasteiger partial charge >= 0.3 is 0 Å². The quantitative estimate of drug-likeness (QED) is 0.466. The Kier molecular flexibility index (Phi) is 7.35. The Bertz CT molecular complexity index is 1340. The first-order chi connectivity index (χ1) is 18.4. The molecule has 3 aromatic carbocycles. The number of carbonyl (C=O) groups excluding carboxylic acids is 2. The highest BCUT2D eigenvalue weighted by atomic mass is 19.1. The van der Waals surface area contributed by atoms with E-state index < -0.39 is 23.7 Å². The molecule has 0 spiro atoms. The van der Waals surface area contributed by atoms with Gasteiger partial charge in [0.15, 0.2) is 23.0 Å². The van der Waals surface area contributed by atoms with Crippen molar-refractivity contribution in [2.75, 3.05) is 25.2 Å². The van der Waals surface area contributed by atoms with Gasteiger partial charge in [-0.1, -0.05) is 25.0 Å². The number of rotatable bonds is 7. The fourth-order valence-corrected chi connectivity index (χ4v) is 4.96. The van der Waals surface area contributed by atoms with Gasteiger partial charge in [0.1, 0.15) is 25.1 Å². The van der Waals surface area contributed by atoms with Crippen LogP contribution < -0.4 is 24.4 Å². The molecule has 1 unspecified atom stereocenters. The predicted molar refractivity (Wildman–Crippen MR) is 138 cm³/mol. The molecule has 0 saturated heterocycles. The predicted octanol–water partition coefficient (Wildman–Crippen LogP) is 4.76. The summed E-state index contributed by atoms with van der Waals surface area (Å²) in [4.78, 5) is 29.3. The summed E-state index contributed by atoms with van der Waals surface area (Å²) >= 11 is 0. The minimum absolute atomic E-state index is 0.0252. The number of amides is 2. The number of nitrogens with one attached hydrogen (secondary N) is 1. The van der Waals surface area contributed by atoms with Gasteiger partial charge in [-0.3, -0.25) is 14.5 Å². The van der Waals surface area contributed by atoms with Crippen molar-refractivity contribution in [3.05, 3.63) is 77.6 Å². The lowest BCUT2D eigenvalue weighted by Gasteiger charge is -2.33. The molecule has 9 heteroatoms. The second kappa shape index (κ2) is 11.0. The molecule has 2 N–H and O–H groups in total. The molecule has 1 fully saturated rings. The first-order valence-corrected chi connectivity index (χ1v) is 12.6. The van der Waals surface area contributed by atoms with E-state index in [4.69, 9.17) is 14.2 Å². The zero-order valence-electron chi connectivity index (χ0n) is 21.0. The Morgan fingerprint density at radius 3 is 2.53 bits per heavy atom. The number of hydrogen-bond acceptors (Lipinski definition) is 6. The summed E-state index contributed by atoms with van der Waals surface area (Å²) in [6, 6.07) is 13.6. The van der Waals surface area contributed by atoms with Crippen molar-refractivity contribution in [1.82, 2.24) is 5.32 Å². The fraction of sp³-hybridized carbons (Fsp3) is 0.310. The van der Waals surface area contributed by atoms with Crippen molar-refractivity contribution in [3.8, 4) is 23.0 Å². The first-order valence-electron chi connectivity index (χ1n) is 12.6. The van der Waals surface area contributed by atoms with Gasteiger partial charge in [0.2, 0.25) is 5.91 Å². The third-order valence-corrected chi connectivity index (χ3v) is 6.82. The van der Waals surface area contributed by atoms with E-state index in [-0.39, 0.29) is 28.8 Å². The van der Waals surface area contributed by atoms with Crippen molar-refractivity contribution < 1.29 is 33.3 Å². The molecule has 1 atom stereocenters. The smallest absolute Gasteiger partial charge is 0.259 e. The van der Waals surface area contributed by atoms with Crippen molar-refractivity contribution in [2.24, 2.45) is 0 Å². The van der Waals surface area contributed by atoms with Crippen LogP contribution in [0.15, 0.2) is 60.7 Å². The highest BCUT2D eigenvalue weighted by Gasteiger charge is 2.36. The van der Waals surface area contributed by atoms with Crippen LogP contribution in [0, 0.1) is 5.82 Å². The van der Waals surface area contributed by atoms with Crippen LogP contribution in [0.4, 0.5) is 10.1 Å². The van der Waals surface area contributed by atoms with E-state index in [0.717, 1.165) is 25.7 Å². The monoisotopic (exact) mass is 520 g/mol. The molecule has 0 radical (unpaired) electrons. The average molecular weight is 521 g/mol. The lowest BCUT2D eigenvalue weighted by molar-refractivity contribution is -0.123. The van der Waals surface area contributed by atoms with Crippen LogP contribution >= 0.6 is 0 Å². The topological polar surface area (TPSA) is 97.3 Å². The Labute approximate surface area is 219 Å². The number of ether oxygens (including phenoxy) is 3. The van der Waals surface area contributed by atoms with Crippen molar-refractivity contribution >= 4 is 17.5 Å². The normalized spacial score (nSPS) is 15.5. The summed E-state index contributed by atoms with van der Waals surface area (Å²) in [5.74, 6) is -0.538. The summed E-state index contributed by atoms with van der Waals surface area (Å²) in [5.41, 5.74) is 0.830. The highest BCUT2D eigenvalue weighted by molar-refractivity contribution is 6.10. The molecular formula is C29H29FN2O6. The fourth-order valence-electron chi connectivity index (χ4n) is 4.96. The molecule has 38 heavy (non-hydrogen) atoms. The molecule has 8 nitrogen and oxygen atoms in total. The summed E-state index contributed by atoms with van der Waals surface area (Å²) in [6.45, 7) is 0.750. The Balaban J connectivity index is 1.63. The highest BCUT2D eigenvalue weighted by Crippen LogP contribution is 2.37. The maximum Gasteiger partial charge on any atom is 0.259 e. The lowest BCUT2D eigenvalue weighted by atomic mass is 10.00. The van der Waals surface area contributed by atoms with E-state index in [0.29, 0.717) is 30.3 Å². The second-order valence-electron chi connectivity index (χ2n) is 9.34. The van der Waals surface area contributed by atoms with Gasteiger partial charge in [-0.25, -0.2) is 4.39 Å². The summed E-state index contributed by atoms with van der Waals surface area (Å²) < 4.78 is 31.0. The summed E-state index contributed by atoms with van der Waals surface area (Å²) in [6.07, 6.45) is 3.69. The molecule has 198 valence electrons. The van der Waals surface area contributed by atoms with Gasteiger partial charge in [0.05, 0.1) is 7.11 Å². The number of benzene rings is 3. The number of phenolic OH excluding ortho intramolecular Hbond substituents is 1. The standard InChI is InChI=1S/C29H29FN2O6/c1-36-25-15-18(9-11-23(25)33)27(28(34)31-21-6-2-3-7-21)32(22-8-4-5-20(30)17-22)29(35)19-10-12-24-26(16-19)38-14-13-37-24/h4-5,8-12,15-17,21,27,33H,2-3,6-7,13-14H2,1H3,(H,31,34). The Morgan fingerprint density at radius 2 is 1.79 bits per heavy atom. The van der Waals surface area contributed by atoms with Gasteiger partial charge in [0, 0.05) is 17.3 Å². The van der Waals surface area contributed by atoms with E-state index in [1.54, 1.807) is 30.3 Å². The number of phenols is 1. The van der Waals surface area contributed by atoms with Crippen molar-refractivity contribution in [3.63, 3.8) is 0 Å². The third-order valence-electron chi connectivity index (χ3n) is 6.82. The van der Waals surface area contributed by atoms with E-state index in [9.17, 15) is 19.1 Å². The number of methoxy groups -OCH3 is 1. The molecule has 2 amide bonds. The van der Waals surface area contributed by atoms with Gasteiger partial charge < -0.3 is 24.6 Å². The number of hydrogen-bond donors (Lipinski definition) is 2. The molecule has 5 rings (SSSR count). The van der Waals surface area contributed by atoms with Gasteiger partial charge in [-0.05, 0) is 66.9 Å². The maximum absolute atomic E-state index is 14.5. The Hall–Kier alpha value is -4.27. The first kappa shape index (κ1) is 25.4. The zero-order valence-corrected chi connectivity index (χ0v) is 21.0. The molecule has 1 heterocycles. The van der Waals surface area contributed by atoms with Crippen LogP contribution in [0.25, 0.3) is 0 Å². The van der Waals surface area contributed by atoms with Gasteiger partial charge in [0.25, 0.3) is 5.91 Å². The van der Waals surface area contributed by atoms with Crippen LogP contribution in [-0.2, 0) is 4.79 Å². The van der Waals surface area contributed by atoms with Crippen LogP contribution in [-0.4, -0.2) is 43.3 Å². The van der Waals surface area contributed by atoms with Gasteiger partial charge in [-0.2, -0.15) is 0 Å². The second-order valence-corrected chi connectivity index (χ2v) is 9.34. The number of halogens is 1. The summed E-state index contributed by atoms with van der Waals surface area (Å²) in [5, 5.41) is 13.3. The SMILES string of the molecule is COc1cc(C(C(=O)NC2CCCC2)N(C(=O)c2ccc3c(c2)OCCO3)c2cccc(F)c2)ccc1O. The Morgan fingerprint density at radius 1 is 1.03 bits per heavy atom. The number of anilines is 1. The van der Waals surface area contributed by atoms with E-state index in [1.165, 1.54) is 42.3 Å². The van der Waals surface area contributed by atoms with E-state index >= 15 is 0 Å². The zero-order chi connectivity index (χ0) is 26.6. The van der Waals surface area contributed by atoms with E-state index in [1.807, 2.05) is 0 Å². The molecule has 1 aliphatic carbocycles. The molecule has 1 aliphatic heterocycles. The molecular weight excluding hydrogens is 491 g/mol. The van der Waals surface area contributed by atoms with Crippen LogP contribution in [0.1, 0.15) is 47.6 Å². The van der Waals surface area contributed by atoms with Crippen molar-refractivity contribution in [2.45, 2.75) is 37.8 Å². The largest absolute Gasteiger partial charge is 0.504 e. The molecule has 1 saturated carbocycles. The third kappa shape index (κ3) is 5.22. The number of nitrogens with zero attached hydrogens (tertiary/aromatic N) is 1. The van der Waals surface area contributed by atoms with Crippen LogP contribution in [0.2, 0.25) is 0 Å². The number of carbonyl (C=O) groups is 2. The molecule has 0 aromatic heterocycles. The molecule has 0 bridgehead atoms. The van der Waals surface area contributed by atoms with Crippen LogP contribution in [0.5, 0.6) is 23.0 Å². The van der Waals surface area contributed by atoms with Gasteiger partial charge in [-0.15, -0.1) is 0 Å². The summed E-state index contributed by atoms with van der Waals surface area (Å²) in [7, 11) is 1.40. The average Bonchev–Trinajstić information content (AvgIpc) is 3.44. The maximum atomic E-state index is 14.5. The lowest BCUT2D eigenvalue weighted by Crippen LogP contribution is -2.46. The molecule has 2 aliphatic rings. The van der Waals surface area contributed by atoms with E-state index in [2.05, 4.69) is 5.32 Å². The molecule has 3 aromatic rings. The minimum Gasteiger partial charge on any atom is -0.504 e. The minimum atomic E-state index is -1.19.